The van der Waals surface area contributed by atoms with Crippen LogP contribution in [0.5, 0.6) is 0 Å². The molecule has 0 atom stereocenters. The second kappa shape index (κ2) is 7.73. The minimum atomic E-state index is 0.583. The lowest BCUT2D eigenvalue weighted by molar-refractivity contribution is 0.511. The van der Waals surface area contributed by atoms with E-state index in [1.807, 2.05) is 0 Å². The molecule has 0 aliphatic heterocycles. The standard InChI is InChI=1S/C12H23S/c13-12-10-8-6-4-2-1-3-5-7-9-11-12/h12H,1-11H2. The highest BCUT2D eigenvalue weighted by Crippen LogP contribution is 2.19. The van der Waals surface area contributed by atoms with Crippen LogP contribution in [-0.2, 0) is 0 Å². The van der Waals surface area contributed by atoms with Crippen molar-refractivity contribution in [2.75, 3.05) is 0 Å². The third-order valence-electron chi connectivity index (χ3n) is 3.05. The predicted octanol–water partition coefficient (Wildman–Crippen LogP) is 4.86. The molecule has 0 bridgehead atoms. The van der Waals surface area contributed by atoms with Crippen LogP contribution in [0.1, 0.15) is 70.6 Å². The fourth-order valence-electron chi connectivity index (χ4n) is 2.13. The summed E-state index contributed by atoms with van der Waals surface area (Å²) >= 11 is 5.42. The number of hydrogen-bond donors (Lipinski definition) is 0. The van der Waals surface area contributed by atoms with E-state index in [9.17, 15) is 0 Å². The minimum absolute atomic E-state index is 0.583. The number of rotatable bonds is 0. The molecule has 0 amide bonds. The van der Waals surface area contributed by atoms with Crippen LogP contribution in [0.2, 0.25) is 0 Å². The molecular formula is C12H23S. The van der Waals surface area contributed by atoms with Crippen molar-refractivity contribution in [2.24, 2.45) is 0 Å². The lowest BCUT2D eigenvalue weighted by atomic mass is 10.0. The van der Waals surface area contributed by atoms with E-state index in [1.165, 1.54) is 70.6 Å². The topological polar surface area (TPSA) is 0 Å². The first kappa shape index (κ1) is 11.4. The second-order valence-corrected chi connectivity index (χ2v) is 5.05. The fraction of sp³-hybridized carbons (Fsp3) is 1.00. The summed E-state index contributed by atoms with van der Waals surface area (Å²) in [5.74, 6) is 0. The van der Waals surface area contributed by atoms with Crippen LogP contribution in [0.3, 0.4) is 0 Å². The van der Waals surface area contributed by atoms with Crippen LogP contribution < -0.4 is 0 Å². The molecule has 0 N–H and O–H groups in total. The second-order valence-electron chi connectivity index (χ2n) is 4.38. The van der Waals surface area contributed by atoms with Gasteiger partial charge in [-0.15, -0.1) is 0 Å². The molecule has 77 valence electrons. The minimum Gasteiger partial charge on any atom is -0.0904 e. The third kappa shape index (κ3) is 6.42. The first-order valence-electron chi connectivity index (χ1n) is 6.05. The van der Waals surface area contributed by atoms with Gasteiger partial charge in [0.05, 0.1) is 0 Å². The molecule has 1 aliphatic rings. The molecular weight excluding hydrogens is 176 g/mol. The van der Waals surface area contributed by atoms with Crippen molar-refractivity contribution in [2.45, 2.75) is 75.9 Å². The van der Waals surface area contributed by atoms with Crippen molar-refractivity contribution in [1.82, 2.24) is 0 Å². The molecule has 1 fully saturated rings. The van der Waals surface area contributed by atoms with Crippen molar-refractivity contribution < 1.29 is 0 Å². The first-order valence-corrected chi connectivity index (χ1v) is 6.52. The van der Waals surface area contributed by atoms with E-state index in [-0.39, 0.29) is 0 Å². The van der Waals surface area contributed by atoms with Gasteiger partial charge in [0, 0.05) is 5.25 Å². The van der Waals surface area contributed by atoms with Crippen molar-refractivity contribution >= 4 is 12.6 Å². The van der Waals surface area contributed by atoms with Gasteiger partial charge in [-0.05, 0) is 12.8 Å². The Morgan fingerprint density at radius 1 is 0.538 bits per heavy atom. The smallest absolute Gasteiger partial charge is 0.0151 e. The van der Waals surface area contributed by atoms with Gasteiger partial charge < -0.3 is 0 Å². The molecule has 0 saturated heterocycles. The average molecular weight is 199 g/mol. The molecule has 0 aromatic rings. The maximum Gasteiger partial charge on any atom is 0.0151 e. The van der Waals surface area contributed by atoms with E-state index in [0.29, 0.717) is 5.25 Å². The summed E-state index contributed by atoms with van der Waals surface area (Å²) in [7, 11) is 0. The van der Waals surface area contributed by atoms with Crippen molar-refractivity contribution in [3.05, 3.63) is 0 Å². The molecule has 0 aromatic carbocycles. The van der Waals surface area contributed by atoms with Crippen LogP contribution in [0.4, 0.5) is 0 Å². The Kier molecular flexibility index (Phi) is 6.79. The van der Waals surface area contributed by atoms with Gasteiger partial charge in [-0.2, -0.15) is 0 Å². The van der Waals surface area contributed by atoms with Gasteiger partial charge in [0.25, 0.3) is 0 Å². The Hall–Kier alpha value is 0.350. The molecule has 1 radical (unpaired) electrons. The van der Waals surface area contributed by atoms with E-state index >= 15 is 0 Å². The Morgan fingerprint density at radius 2 is 0.846 bits per heavy atom. The highest BCUT2D eigenvalue weighted by molar-refractivity contribution is 7.80. The largest absolute Gasteiger partial charge is 0.0904 e. The number of hydrogen-bond acceptors (Lipinski definition) is 0. The molecule has 1 rings (SSSR count). The molecule has 0 aromatic heterocycles. The lowest BCUT2D eigenvalue weighted by Gasteiger charge is -2.11. The van der Waals surface area contributed by atoms with Gasteiger partial charge in [0.2, 0.25) is 0 Å². The zero-order chi connectivity index (χ0) is 9.36. The van der Waals surface area contributed by atoms with Crippen LogP contribution >= 0.6 is 12.6 Å². The van der Waals surface area contributed by atoms with E-state index in [2.05, 4.69) is 0 Å². The Morgan fingerprint density at radius 3 is 1.23 bits per heavy atom. The predicted molar refractivity (Wildman–Crippen MR) is 62.2 cm³/mol. The van der Waals surface area contributed by atoms with Crippen molar-refractivity contribution in [3.63, 3.8) is 0 Å². The third-order valence-corrected chi connectivity index (χ3v) is 3.52. The summed E-state index contributed by atoms with van der Waals surface area (Å²) in [6.45, 7) is 0. The van der Waals surface area contributed by atoms with Gasteiger partial charge in [-0.25, -0.2) is 0 Å². The van der Waals surface area contributed by atoms with Crippen molar-refractivity contribution in [3.8, 4) is 0 Å². The SMILES string of the molecule is [S]C1CCCCCCCCCCC1. The van der Waals surface area contributed by atoms with Gasteiger partial charge in [-0.3, -0.25) is 0 Å². The van der Waals surface area contributed by atoms with Gasteiger partial charge >= 0.3 is 0 Å². The highest BCUT2D eigenvalue weighted by atomic mass is 32.1. The lowest BCUT2D eigenvalue weighted by Crippen LogP contribution is -1.99. The zero-order valence-corrected chi connectivity index (χ0v) is 9.58. The van der Waals surface area contributed by atoms with Crippen molar-refractivity contribution in [1.29, 1.82) is 0 Å². The molecule has 1 heteroatoms. The van der Waals surface area contributed by atoms with Crippen LogP contribution in [0.25, 0.3) is 0 Å². The summed E-state index contributed by atoms with van der Waals surface area (Å²) < 4.78 is 0. The quantitative estimate of drug-likeness (QED) is 0.523. The fourth-order valence-corrected chi connectivity index (χ4v) is 2.46. The monoisotopic (exact) mass is 199 g/mol. The molecule has 0 unspecified atom stereocenters. The molecule has 1 aliphatic carbocycles. The van der Waals surface area contributed by atoms with Gasteiger partial charge in [0.1, 0.15) is 0 Å². The maximum absolute atomic E-state index is 5.42. The highest BCUT2D eigenvalue weighted by Gasteiger charge is 2.04. The maximum atomic E-state index is 5.42. The van der Waals surface area contributed by atoms with E-state index in [0.717, 1.165) is 0 Å². The summed E-state index contributed by atoms with van der Waals surface area (Å²) in [5.41, 5.74) is 0. The summed E-state index contributed by atoms with van der Waals surface area (Å²) in [4.78, 5) is 0. The Balaban J connectivity index is 2.11. The Bertz CT molecular complexity index is 99.7. The molecule has 13 heavy (non-hydrogen) atoms. The summed E-state index contributed by atoms with van der Waals surface area (Å²) in [5, 5.41) is 0.583. The van der Waals surface area contributed by atoms with Crippen LogP contribution in [0, 0.1) is 0 Å². The van der Waals surface area contributed by atoms with E-state index < -0.39 is 0 Å². The molecule has 0 heterocycles. The van der Waals surface area contributed by atoms with Crippen LogP contribution in [0.15, 0.2) is 0 Å². The molecule has 0 spiro atoms. The van der Waals surface area contributed by atoms with E-state index in [1.54, 1.807) is 0 Å². The average Bonchev–Trinajstić information content (AvgIpc) is 2.11. The van der Waals surface area contributed by atoms with Crippen LogP contribution in [-0.4, -0.2) is 5.25 Å². The molecule has 1 saturated carbocycles. The summed E-state index contributed by atoms with van der Waals surface area (Å²) in [6.07, 6.45) is 15.5. The van der Waals surface area contributed by atoms with Gasteiger partial charge in [-0.1, -0.05) is 70.4 Å². The normalized spacial score (nSPS) is 24.7. The molecule has 0 nitrogen and oxygen atoms in total. The summed E-state index contributed by atoms with van der Waals surface area (Å²) in [6, 6.07) is 0. The Labute approximate surface area is 88.9 Å². The zero-order valence-electron chi connectivity index (χ0n) is 8.76. The van der Waals surface area contributed by atoms with E-state index in [4.69, 9.17) is 12.6 Å². The first-order chi connectivity index (χ1) is 6.39. The van der Waals surface area contributed by atoms with Gasteiger partial charge in [0.15, 0.2) is 0 Å².